The van der Waals surface area contributed by atoms with Crippen LogP contribution in [0.2, 0.25) is 0 Å². The third kappa shape index (κ3) is 2.28. The fourth-order valence-corrected chi connectivity index (χ4v) is 3.30. The first-order valence-electron chi connectivity index (χ1n) is 5.29. The van der Waals surface area contributed by atoms with Crippen molar-refractivity contribution in [2.45, 2.75) is 24.1 Å². The van der Waals surface area contributed by atoms with Crippen LogP contribution in [-0.2, 0) is 0 Å². The van der Waals surface area contributed by atoms with Crippen molar-refractivity contribution in [1.82, 2.24) is 15.4 Å². The lowest BCUT2D eigenvalue weighted by Crippen LogP contribution is -2.35. The predicted octanol–water partition coefficient (Wildman–Crippen LogP) is 0.885. The van der Waals surface area contributed by atoms with Crippen molar-refractivity contribution >= 4 is 11.8 Å². The van der Waals surface area contributed by atoms with Crippen LogP contribution < -0.4 is 16.0 Å². The van der Waals surface area contributed by atoms with Crippen molar-refractivity contribution in [3.63, 3.8) is 0 Å². The van der Waals surface area contributed by atoms with Gasteiger partial charge in [-0.2, -0.15) is 11.8 Å². The molecule has 2 atom stereocenters. The number of hydrazine groups is 1. The number of ether oxygens (including phenoxy) is 1. The van der Waals surface area contributed by atoms with Crippen LogP contribution in [-0.4, -0.2) is 28.1 Å². The van der Waals surface area contributed by atoms with E-state index in [1.165, 1.54) is 12.2 Å². The second-order valence-electron chi connectivity index (χ2n) is 3.65. The van der Waals surface area contributed by atoms with Crippen LogP contribution in [0.25, 0.3) is 0 Å². The van der Waals surface area contributed by atoms with Crippen LogP contribution in [0.15, 0.2) is 12.4 Å². The Morgan fingerprint density at radius 3 is 3.00 bits per heavy atom. The van der Waals surface area contributed by atoms with Crippen LogP contribution in [0.4, 0.5) is 0 Å². The molecule has 0 aromatic carbocycles. The summed E-state index contributed by atoms with van der Waals surface area (Å²) >= 11 is 1.92. The summed E-state index contributed by atoms with van der Waals surface area (Å²) < 4.78 is 5.21. The lowest BCUT2D eigenvalue weighted by atomic mass is 10.1. The minimum Gasteiger partial charge on any atom is -0.480 e. The molecule has 1 fully saturated rings. The normalized spacial score (nSPS) is 22.0. The molecule has 1 aliphatic rings. The Balaban J connectivity index is 2.24. The number of methoxy groups -OCH3 is 1. The van der Waals surface area contributed by atoms with Crippen LogP contribution in [0, 0.1) is 0 Å². The Kier molecular flexibility index (Phi) is 3.98. The van der Waals surface area contributed by atoms with Crippen molar-refractivity contribution in [3.8, 4) is 5.88 Å². The number of hydrogen-bond donors (Lipinski definition) is 2. The smallest absolute Gasteiger partial charge is 0.237 e. The molecule has 16 heavy (non-hydrogen) atoms. The van der Waals surface area contributed by atoms with E-state index in [-0.39, 0.29) is 6.04 Å². The number of hydrogen-bond acceptors (Lipinski definition) is 6. The number of nitrogens with two attached hydrogens (primary N) is 1. The van der Waals surface area contributed by atoms with Crippen molar-refractivity contribution in [1.29, 1.82) is 0 Å². The van der Waals surface area contributed by atoms with Gasteiger partial charge < -0.3 is 4.74 Å². The zero-order valence-electron chi connectivity index (χ0n) is 9.22. The van der Waals surface area contributed by atoms with Crippen LogP contribution in [0.1, 0.15) is 24.6 Å². The van der Waals surface area contributed by atoms with Gasteiger partial charge in [-0.05, 0) is 18.6 Å². The molecule has 0 aliphatic carbocycles. The molecule has 0 amide bonds. The van der Waals surface area contributed by atoms with E-state index in [2.05, 4.69) is 15.4 Å². The van der Waals surface area contributed by atoms with E-state index >= 15 is 0 Å². The summed E-state index contributed by atoms with van der Waals surface area (Å²) in [4.78, 5) is 8.47. The molecule has 6 heteroatoms. The molecule has 1 aliphatic heterocycles. The van der Waals surface area contributed by atoms with Crippen molar-refractivity contribution in [3.05, 3.63) is 18.1 Å². The highest BCUT2D eigenvalue weighted by Crippen LogP contribution is 2.36. The molecule has 1 aromatic heterocycles. The Morgan fingerprint density at radius 2 is 2.38 bits per heavy atom. The van der Waals surface area contributed by atoms with E-state index in [1.54, 1.807) is 19.5 Å². The van der Waals surface area contributed by atoms with Gasteiger partial charge in [-0.3, -0.25) is 16.3 Å². The quantitative estimate of drug-likeness (QED) is 0.601. The van der Waals surface area contributed by atoms with E-state index in [9.17, 15) is 0 Å². The first kappa shape index (κ1) is 11.6. The van der Waals surface area contributed by atoms with E-state index < -0.39 is 0 Å². The first-order valence-corrected chi connectivity index (χ1v) is 6.34. The lowest BCUT2D eigenvalue weighted by molar-refractivity contribution is 0.375. The Hall–Kier alpha value is -0.850. The molecule has 0 saturated carbocycles. The number of thioether (sulfide) groups is 1. The summed E-state index contributed by atoms with van der Waals surface area (Å²) in [5.41, 5.74) is 3.63. The van der Waals surface area contributed by atoms with E-state index in [0.717, 1.165) is 12.1 Å². The second-order valence-corrected chi connectivity index (χ2v) is 4.99. The van der Waals surface area contributed by atoms with Crippen LogP contribution in [0.5, 0.6) is 5.88 Å². The topological polar surface area (TPSA) is 73.1 Å². The molecule has 5 nitrogen and oxygen atoms in total. The summed E-state index contributed by atoms with van der Waals surface area (Å²) in [6.45, 7) is 0. The molecule has 2 rings (SSSR count). The molecule has 1 aromatic rings. The Labute approximate surface area is 99.2 Å². The standard InChI is InChI=1S/C10H16N4OS/c1-15-10-9(12-4-5-13-10)8(14-11)7-3-2-6-16-7/h4-5,7-8,14H,2-3,6,11H2,1H3. The molecule has 3 N–H and O–H groups in total. The van der Waals surface area contributed by atoms with Crippen molar-refractivity contribution in [2.24, 2.45) is 5.84 Å². The summed E-state index contributed by atoms with van der Waals surface area (Å²) in [5.74, 6) is 7.36. The van der Waals surface area contributed by atoms with Crippen molar-refractivity contribution in [2.75, 3.05) is 12.9 Å². The summed E-state index contributed by atoms with van der Waals surface area (Å²) in [7, 11) is 1.60. The number of nitrogens with one attached hydrogen (secondary N) is 1. The number of nitrogens with zero attached hydrogens (tertiary/aromatic N) is 2. The van der Waals surface area contributed by atoms with Crippen LogP contribution >= 0.6 is 11.8 Å². The third-order valence-electron chi connectivity index (χ3n) is 2.70. The molecule has 0 bridgehead atoms. The maximum atomic E-state index is 5.62. The molecule has 1 saturated heterocycles. The van der Waals surface area contributed by atoms with E-state index in [0.29, 0.717) is 11.1 Å². The molecule has 0 radical (unpaired) electrons. The highest BCUT2D eigenvalue weighted by molar-refractivity contribution is 8.00. The maximum Gasteiger partial charge on any atom is 0.237 e. The second kappa shape index (κ2) is 5.47. The van der Waals surface area contributed by atoms with Gasteiger partial charge in [0.2, 0.25) is 5.88 Å². The zero-order valence-corrected chi connectivity index (χ0v) is 10.0. The van der Waals surface area contributed by atoms with Gasteiger partial charge in [0.05, 0.1) is 13.2 Å². The Morgan fingerprint density at radius 1 is 1.56 bits per heavy atom. The predicted molar refractivity (Wildman–Crippen MR) is 64.1 cm³/mol. The minimum absolute atomic E-state index is 0.0103. The minimum atomic E-state index is 0.0103. The van der Waals surface area contributed by atoms with Gasteiger partial charge in [-0.15, -0.1) is 0 Å². The van der Waals surface area contributed by atoms with Crippen molar-refractivity contribution < 1.29 is 4.74 Å². The van der Waals surface area contributed by atoms with E-state index in [4.69, 9.17) is 10.6 Å². The average Bonchev–Trinajstić information content (AvgIpc) is 2.84. The van der Waals surface area contributed by atoms with Gasteiger partial charge in [0.15, 0.2) is 0 Å². The molecule has 88 valence electrons. The SMILES string of the molecule is COc1nccnc1C(NN)C1CCCS1. The van der Waals surface area contributed by atoms with Crippen LogP contribution in [0.3, 0.4) is 0 Å². The molecule has 2 heterocycles. The van der Waals surface area contributed by atoms with Gasteiger partial charge in [0.25, 0.3) is 0 Å². The highest BCUT2D eigenvalue weighted by atomic mass is 32.2. The third-order valence-corrected chi connectivity index (χ3v) is 4.16. The van der Waals surface area contributed by atoms with Gasteiger partial charge in [-0.1, -0.05) is 0 Å². The summed E-state index contributed by atoms with van der Waals surface area (Å²) in [6, 6.07) is 0.0103. The van der Waals surface area contributed by atoms with Gasteiger partial charge in [-0.25, -0.2) is 4.98 Å². The largest absolute Gasteiger partial charge is 0.480 e. The number of aromatic nitrogens is 2. The maximum absolute atomic E-state index is 5.62. The summed E-state index contributed by atoms with van der Waals surface area (Å²) in [5, 5.41) is 0.454. The van der Waals surface area contributed by atoms with E-state index in [1.807, 2.05) is 11.8 Å². The number of rotatable bonds is 4. The Bertz CT molecular complexity index is 343. The zero-order chi connectivity index (χ0) is 11.4. The monoisotopic (exact) mass is 240 g/mol. The van der Waals surface area contributed by atoms with Gasteiger partial charge >= 0.3 is 0 Å². The molecule has 0 spiro atoms. The summed E-state index contributed by atoms with van der Waals surface area (Å²) in [6.07, 6.45) is 5.68. The van der Waals surface area contributed by atoms with Gasteiger partial charge in [0.1, 0.15) is 5.69 Å². The average molecular weight is 240 g/mol. The fraction of sp³-hybridized carbons (Fsp3) is 0.600. The van der Waals surface area contributed by atoms with Gasteiger partial charge in [0, 0.05) is 17.6 Å². The highest BCUT2D eigenvalue weighted by Gasteiger charge is 2.29. The fourth-order valence-electron chi connectivity index (χ4n) is 1.93. The molecule has 2 unspecified atom stereocenters. The molecular weight excluding hydrogens is 224 g/mol. The first-order chi connectivity index (χ1) is 7.86. The molecular formula is C10H16N4OS. The lowest BCUT2D eigenvalue weighted by Gasteiger charge is -2.22.